The number of aromatic hydroxyl groups is 1. The van der Waals surface area contributed by atoms with Crippen LogP contribution in [-0.2, 0) is 21.2 Å². The van der Waals surface area contributed by atoms with Crippen molar-refractivity contribution in [3.05, 3.63) is 58.1 Å². The highest BCUT2D eigenvalue weighted by Crippen LogP contribution is 2.31. The predicted octanol–water partition coefficient (Wildman–Crippen LogP) is 2.80. The molecule has 148 valence electrons. The van der Waals surface area contributed by atoms with Gasteiger partial charge in [-0.15, -0.1) is 0 Å². The summed E-state index contributed by atoms with van der Waals surface area (Å²) in [6, 6.07) is 8.67. The molecule has 2 aromatic rings. The van der Waals surface area contributed by atoms with Gasteiger partial charge in [-0.25, -0.2) is 13.2 Å². The van der Waals surface area contributed by atoms with Gasteiger partial charge >= 0.3 is 5.97 Å². The second-order valence-electron chi connectivity index (χ2n) is 6.23. The number of carbonyl (C=O) groups is 2. The molecule has 9 heteroatoms. The predicted molar refractivity (Wildman–Crippen MR) is 105 cm³/mol. The van der Waals surface area contributed by atoms with Gasteiger partial charge in [0.25, 0.3) is 0 Å². The van der Waals surface area contributed by atoms with Gasteiger partial charge in [0, 0.05) is 17.1 Å². The molecule has 0 aliphatic carbocycles. The molecule has 0 amide bonds. The second kappa shape index (κ2) is 7.81. The van der Waals surface area contributed by atoms with E-state index in [2.05, 4.69) is 0 Å². The van der Waals surface area contributed by atoms with E-state index in [-0.39, 0.29) is 22.1 Å². The standard InChI is InChI=1S/C19H18ClNO6S/c1-2-28(25,26)21-8-7-12-9-13(3-6-16(12)21)18(23)11-27-19(24)15-5-4-14(20)10-17(15)22/h3-6,9-10,22H,2,7-8,11H2,1H3. The van der Waals surface area contributed by atoms with E-state index < -0.39 is 28.4 Å². The molecule has 7 nitrogen and oxygen atoms in total. The Morgan fingerprint density at radius 3 is 2.64 bits per heavy atom. The summed E-state index contributed by atoms with van der Waals surface area (Å²) in [6.45, 7) is 1.42. The van der Waals surface area contributed by atoms with Crippen LogP contribution in [-0.4, -0.2) is 44.2 Å². The van der Waals surface area contributed by atoms with Crippen molar-refractivity contribution in [3.63, 3.8) is 0 Å². The number of sulfonamides is 1. The monoisotopic (exact) mass is 423 g/mol. The number of rotatable bonds is 6. The summed E-state index contributed by atoms with van der Waals surface area (Å²) in [5.74, 6) is -1.61. The Kier molecular flexibility index (Phi) is 5.62. The first-order valence-electron chi connectivity index (χ1n) is 8.55. The zero-order chi connectivity index (χ0) is 20.5. The Hall–Kier alpha value is -2.58. The van der Waals surface area contributed by atoms with E-state index in [0.29, 0.717) is 24.2 Å². The summed E-state index contributed by atoms with van der Waals surface area (Å²) >= 11 is 5.72. The highest BCUT2D eigenvalue weighted by Gasteiger charge is 2.28. The molecule has 0 spiro atoms. The molecular weight excluding hydrogens is 406 g/mol. The smallest absolute Gasteiger partial charge is 0.342 e. The van der Waals surface area contributed by atoms with Crippen LogP contribution in [0, 0.1) is 0 Å². The quantitative estimate of drug-likeness (QED) is 0.566. The Labute approximate surface area is 167 Å². The highest BCUT2D eigenvalue weighted by molar-refractivity contribution is 7.92. The molecule has 0 saturated heterocycles. The number of hydrogen-bond donors (Lipinski definition) is 1. The van der Waals surface area contributed by atoms with Crippen LogP contribution in [0.4, 0.5) is 5.69 Å². The lowest BCUT2D eigenvalue weighted by Gasteiger charge is -2.18. The third kappa shape index (κ3) is 3.98. The summed E-state index contributed by atoms with van der Waals surface area (Å²) in [5, 5.41) is 10.0. The van der Waals surface area contributed by atoms with E-state index in [1.54, 1.807) is 19.1 Å². The van der Waals surface area contributed by atoms with Crippen LogP contribution in [0.15, 0.2) is 36.4 Å². The van der Waals surface area contributed by atoms with E-state index in [1.165, 1.54) is 28.6 Å². The lowest BCUT2D eigenvalue weighted by atomic mass is 10.1. The summed E-state index contributed by atoms with van der Waals surface area (Å²) < 4.78 is 30.6. The maximum Gasteiger partial charge on any atom is 0.342 e. The number of phenolic OH excluding ortho intramolecular Hbond substituents is 1. The number of Topliss-reactive ketones (excluding diaryl/α,β-unsaturated/α-hetero) is 1. The van der Waals surface area contributed by atoms with Crippen molar-refractivity contribution in [2.75, 3.05) is 23.2 Å². The summed E-state index contributed by atoms with van der Waals surface area (Å²) in [7, 11) is -3.36. The Morgan fingerprint density at radius 1 is 1.21 bits per heavy atom. The zero-order valence-electron chi connectivity index (χ0n) is 15.0. The third-order valence-corrected chi connectivity index (χ3v) is 6.48. The zero-order valence-corrected chi connectivity index (χ0v) is 16.6. The SMILES string of the molecule is CCS(=O)(=O)N1CCc2cc(C(=O)COC(=O)c3ccc(Cl)cc3O)ccc21. The first-order chi connectivity index (χ1) is 13.2. The van der Waals surface area contributed by atoms with Gasteiger partial charge in [-0.05, 0) is 55.3 Å². The van der Waals surface area contributed by atoms with Crippen molar-refractivity contribution in [2.24, 2.45) is 0 Å². The van der Waals surface area contributed by atoms with E-state index in [9.17, 15) is 23.1 Å². The molecule has 0 unspecified atom stereocenters. The highest BCUT2D eigenvalue weighted by atomic mass is 35.5. The van der Waals surface area contributed by atoms with Gasteiger partial charge in [-0.3, -0.25) is 9.10 Å². The van der Waals surface area contributed by atoms with Crippen LogP contribution in [0.2, 0.25) is 5.02 Å². The molecule has 0 bridgehead atoms. The molecule has 1 N–H and O–H groups in total. The molecular formula is C19H18ClNO6S. The van der Waals surface area contributed by atoms with Crippen LogP contribution in [0.25, 0.3) is 0 Å². The van der Waals surface area contributed by atoms with Crippen molar-refractivity contribution in [1.82, 2.24) is 0 Å². The van der Waals surface area contributed by atoms with Gasteiger partial charge in [0.05, 0.1) is 11.4 Å². The largest absolute Gasteiger partial charge is 0.507 e. The number of anilines is 1. The fourth-order valence-corrected chi connectivity index (χ4v) is 4.28. The number of ether oxygens (including phenoxy) is 1. The van der Waals surface area contributed by atoms with E-state index in [4.69, 9.17) is 16.3 Å². The van der Waals surface area contributed by atoms with Crippen LogP contribution in [0.5, 0.6) is 5.75 Å². The maximum absolute atomic E-state index is 12.4. The van der Waals surface area contributed by atoms with Crippen molar-refractivity contribution >= 4 is 39.1 Å². The maximum atomic E-state index is 12.4. The first kappa shape index (κ1) is 20.2. The number of ketones is 1. The van der Waals surface area contributed by atoms with Crippen molar-refractivity contribution < 1.29 is 27.9 Å². The van der Waals surface area contributed by atoms with Crippen molar-refractivity contribution in [1.29, 1.82) is 0 Å². The van der Waals surface area contributed by atoms with E-state index in [0.717, 1.165) is 5.56 Å². The van der Waals surface area contributed by atoms with Gasteiger partial charge in [-0.1, -0.05) is 11.6 Å². The Morgan fingerprint density at radius 2 is 1.96 bits per heavy atom. The van der Waals surface area contributed by atoms with Gasteiger partial charge in [0.1, 0.15) is 11.3 Å². The number of fused-ring (bicyclic) bond motifs is 1. The van der Waals surface area contributed by atoms with Crippen molar-refractivity contribution in [2.45, 2.75) is 13.3 Å². The van der Waals surface area contributed by atoms with E-state index in [1.807, 2.05) is 0 Å². The summed E-state index contributed by atoms with van der Waals surface area (Å²) in [6.07, 6.45) is 0.508. The van der Waals surface area contributed by atoms with Gasteiger partial charge < -0.3 is 9.84 Å². The first-order valence-corrected chi connectivity index (χ1v) is 10.5. The number of esters is 1. The minimum atomic E-state index is -3.36. The molecule has 1 aliphatic heterocycles. The molecule has 3 rings (SSSR count). The summed E-state index contributed by atoms with van der Waals surface area (Å²) in [4.78, 5) is 24.4. The molecule has 0 atom stereocenters. The Bertz CT molecular complexity index is 1050. The lowest BCUT2D eigenvalue weighted by Crippen LogP contribution is -2.30. The second-order valence-corrected chi connectivity index (χ2v) is 8.85. The fraction of sp³-hybridized carbons (Fsp3) is 0.263. The van der Waals surface area contributed by atoms with Crippen LogP contribution < -0.4 is 4.31 Å². The molecule has 0 saturated carbocycles. The van der Waals surface area contributed by atoms with Gasteiger partial charge in [-0.2, -0.15) is 0 Å². The minimum absolute atomic E-state index is 0.000612. The van der Waals surface area contributed by atoms with Crippen molar-refractivity contribution in [3.8, 4) is 5.75 Å². The van der Waals surface area contributed by atoms with Gasteiger partial charge in [0.15, 0.2) is 12.4 Å². The van der Waals surface area contributed by atoms with Crippen LogP contribution >= 0.6 is 11.6 Å². The average Bonchev–Trinajstić information content (AvgIpc) is 3.09. The molecule has 0 aromatic heterocycles. The topological polar surface area (TPSA) is 101 Å². The number of nitrogens with zero attached hydrogens (tertiary/aromatic N) is 1. The molecule has 1 heterocycles. The molecule has 0 radical (unpaired) electrons. The fourth-order valence-electron chi connectivity index (χ4n) is 2.96. The van der Waals surface area contributed by atoms with E-state index >= 15 is 0 Å². The summed E-state index contributed by atoms with van der Waals surface area (Å²) in [5.41, 5.74) is 1.56. The Balaban J connectivity index is 1.70. The third-order valence-electron chi connectivity index (χ3n) is 4.47. The molecule has 1 aliphatic rings. The normalized spacial score (nSPS) is 13.3. The number of carbonyl (C=O) groups excluding carboxylic acids is 2. The lowest BCUT2D eigenvalue weighted by molar-refractivity contribution is 0.0472. The number of benzene rings is 2. The molecule has 2 aromatic carbocycles. The van der Waals surface area contributed by atoms with Crippen LogP contribution in [0.3, 0.4) is 0 Å². The van der Waals surface area contributed by atoms with Gasteiger partial charge in [0.2, 0.25) is 10.0 Å². The molecule has 28 heavy (non-hydrogen) atoms. The number of halogens is 1. The minimum Gasteiger partial charge on any atom is -0.507 e. The number of hydrogen-bond acceptors (Lipinski definition) is 6. The van der Waals surface area contributed by atoms with Crippen LogP contribution in [0.1, 0.15) is 33.2 Å². The number of phenols is 1. The average molecular weight is 424 g/mol. The molecule has 0 fully saturated rings.